The van der Waals surface area contributed by atoms with Crippen molar-refractivity contribution in [3.63, 3.8) is 0 Å². The molecule has 1 heterocycles. The van der Waals surface area contributed by atoms with Gasteiger partial charge in [-0.1, -0.05) is 23.2 Å². The van der Waals surface area contributed by atoms with Gasteiger partial charge in [-0.3, -0.25) is 0 Å². The van der Waals surface area contributed by atoms with Crippen LogP contribution in [0.1, 0.15) is 5.82 Å². The van der Waals surface area contributed by atoms with E-state index in [-0.39, 0.29) is 21.5 Å². The van der Waals surface area contributed by atoms with Crippen LogP contribution in [0.5, 0.6) is 0 Å². The highest BCUT2D eigenvalue weighted by Crippen LogP contribution is 2.24. The highest BCUT2D eigenvalue weighted by molar-refractivity contribution is 7.89. The van der Waals surface area contributed by atoms with E-state index in [9.17, 15) is 8.42 Å². The Bertz CT molecular complexity index is 847. The molecule has 0 radical (unpaired) electrons. The third kappa shape index (κ3) is 4.91. The average Bonchev–Trinajstić information content (AvgIpc) is 2.55. The molecule has 0 bridgehead atoms. The summed E-state index contributed by atoms with van der Waals surface area (Å²) in [5, 5.41) is 0.443. The largest absolute Gasteiger partial charge is 0.347 e. The van der Waals surface area contributed by atoms with Crippen LogP contribution in [-0.2, 0) is 16.6 Å². The fourth-order valence-electron chi connectivity index (χ4n) is 1.76. The van der Waals surface area contributed by atoms with Gasteiger partial charge < -0.3 is 9.80 Å². The maximum atomic E-state index is 12.4. The van der Waals surface area contributed by atoms with Crippen LogP contribution in [0, 0.1) is 0 Å². The number of hydrogen-bond acceptors (Lipinski definition) is 7. The van der Waals surface area contributed by atoms with Crippen molar-refractivity contribution in [3.8, 4) is 0 Å². The molecule has 1 aromatic heterocycles. The predicted molar refractivity (Wildman–Crippen MR) is 99.0 cm³/mol. The molecule has 0 spiro atoms. The van der Waals surface area contributed by atoms with Gasteiger partial charge in [0.15, 0.2) is 5.82 Å². The van der Waals surface area contributed by atoms with Gasteiger partial charge in [0.25, 0.3) is 0 Å². The lowest BCUT2D eigenvalue weighted by atomic mass is 10.4. The molecule has 8 nitrogen and oxygen atoms in total. The van der Waals surface area contributed by atoms with Gasteiger partial charge in [-0.15, -0.1) is 0 Å². The highest BCUT2D eigenvalue weighted by Gasteiger charge is 2.17. The minimum Gasteiger partial charge on any atom is -0.347 e. The predicted octanol–water partition coefficient (Wildman–Crippen LogP) is 1.79. The summed E-state index contributed by atoms with van der Waals surface area (Å²) in [7, 11) is 3.38. The Hall–Kier alpha value is -1.68. The lowest BCUT2D eigenvalue weighted by Crippen LogP contribution is -2.26. The van der Waals surface area contributed by atoms with Gasteiger partial charge in [0.1, 0.15) is 0 Å². The van der Waals surface area contributed by atoms with Crippen LogP contribution in [0.3, 0.4) is 0 Å². The summed E-state index contributed by atoms with van der Waals surface area (Å²) in [5.74, 6) is 1.16. The number of benzene rings is 1. The third-order valence-corrected chi connectivity index (χ3v) is 5.22. The van der Waals surface area contributed by atoms with Crippen molar-refractivity contribution < 1.29 is 8.42 Å². The minimum absolute atomic E-state index is 0.0108. The zero-order valence-electron chi connectivity index (χ0n) is 14.2. The van der Waals surface area contributed by atoms with Gasteiger partial charge in [0, 0.05) is 28.2 Å². The van der Waals surface area contributed by atoms with Crippen molar-refractivity contribution in [2.45, 2.75) is 11.4 Å². The Morgan fingerprint density at radius 2 is 1.52 bits per heavy atom. The molecular formula is C14H18Cl2N6O2S. The summed E-state index contributed by atoms with van der Waals surface area (Å²) in [6.07, 6.45) is 0. The van der Waals surface area contributed by atoms with E-state index >= 15 is 0 Å². The Kier molecular flexibility index (Phi) is 6.04. The van der Waals surface area contributed by atoms with E-state index in [1.54, 1.807) is 38.0 Å². The van der Waals surface area contributed by atoms with Crippen LogP contribution in [0.15, 0.2) is 23.1 Å². The van der Waals surface area contributed by atoms with E-state index in [4.69, 9.17) is 23.2 Å². The summed E-state index contributed by atoms with van der Waals surface area (Å²) in [6, 6.07) is 4.09. The molecule has 136 valence electrons. The van der Waals surface area contributed by atoms with Crippen LogP contribution in [0.2, 0.25) is 10.0 Å². The molecule has 0 saturated carbocycles. The molecule has 1 aromatic carbocycles. The van der Waals surface area contributed by atoms with Gasteiger partial charge in [-0.05, 0) is 18.2 Å². The Morgan fingerprint density at radius 3 is 2.00 bits per heavy atom. The second-order valence-electron chi connectivity index (χ2n) is 5.54. The number of anilines is 2. The van der Waals surface area contributed by atoms with Gasteiger partial charge >= 0.3 is 0 Å². The number of nitrogens with one attached hydrogen (secondary N) is 1. The SMILES string of the molecule is CN(C)c1nc(CNS(=O)(=O)c2ccc(Cl)c(Cl)c2)nc(N(C)C)n1. The first-order valence-corrected chi connectivity index (χ1v) is 9.38. The molecule has 0 aliphatic rings. The number of sulfonamides is 1. The van der Waals surface area contributed by atoms with E-state index in [1.165, 1.54) is 18.2 Å². The normalized spacial score (nSPS) is 11.4. The number of halogens is 2. The molecule has 1 N–H and O–H groups in total. The van der Waals surface area contributed by atoms with Crippen LogP contribution in [0.25, 0.3) is 0 Å². The Morgan fingerprint density at radius 1 is 0.960 bits per heavy atom. The van der Waals surface area contributed by atoms with Crippen molar-refractivity contribution in [2.75, 3.05) is 38.0 Å². The first-order valence-electron chi connectivity index (χ1n) is 7.14. The van der Waals surface area contributed by atoms with Crippen molar-refractivity contribution in [1.29, 1.82) is 0 Å². The molecular weight excluding hydrogens is 387 g/mol. The fraction of sp³-hybridized carbons (Fsp3) is 0.357. The van der Waals surface area contributed by atoms with E-state index in [0.29, 0.717) is 17.7 Å². The van der Waals surface area contributed by atoms with Crippen molar-refractivity contribution >= 4 is 45.1 Å². The highest BCUT2D eigenvalue weighted by atomic mass is 35.5. The zero-order chi connectivity index (χ0) is 18.8. The first-order chi connectivity index (χ1) is 11.6. The lowest BCUT2D eigenvalue weighted by molar-refractivity contribution is 0.579. The summed E-state index contributed by atoms with van der Waals surface area (Å²) in [5.41, 5.74) is 0. The van der Waals surface area contributed by atoms with Gasteiger partial charge in [-0.25, -0.2) is 13.1 Å². The lowest BCUT2D eigenvalue weighted by Gasteiger charge is -2.16. The molecule has 0 aliphatic heterocycles. The molecule has 25 heavy (non-hydrogen) atoms. The molecule has 0 saturated heterocycles. The molecule has 0 amide bonds. The Balaban J connectivity index is 2.26. The van der Waals surface area contributed by atoms with Crippen molar-refractivity contribution in [1.82, 2.24) is 19.7 Å². The van der Waals surface area contributed by atoms with Gasteiger partial charge in [0.05, 0.1) is 21.5 Å². The van der Waals surface area contributed by atoms with Crippen molar-refractivity contribution in [2.24, 2.45) is 0 Å². The number of hydrogen-bond donors (Lipinski definition) is 1. The summed E-state index contributed by atoms with van der Waals surface area (Å²) in [4.78, 5) is 16.2. The van der Waals surface area contributed by atoms with Gasteiger partial charge in [-0.2, -0.15) is 15.0 Å². The number of aromatic nitrogens is 3. The topological polar surface area (TPSA) is 91.3 Å². The van der Waals surface area contributed by atoms with E-state index in [0.717, 1.165) is 0 Å². The van der Waals surface area contributed by atoms with Crippen LogP contribution >= 0.6 is 23.2 Å². The summed E-state index contributed by atoms with van der Waals surface area (Å²) in [6.45, 7) is -0.0905. The maximum Gasteiger partial charge on any atom is 0.241 e. The average molecular weight is 405 g/mol. The number of nitrogens with zero attached hydrogens (tertiary/aromatic N) is 5. The fourth-order valence-corrected chi connectivity index (χ4v) is 3.13. The molecule has 2 aromatic rings. The third-order valence-electron chi connectivity index (χ3n) is 3.08. The Labute approximate surface area is 156 Å². The molecule has 0 unspecified atom stereocenters. The second kappa shape index (κ2) is 7.69. The van der Waals surface area contributed by atoms with Crippen LogP contribution < -0.4 is 14.5 Å². The minimum atomic E-state index is -3.78. The van der Waals surface area contributed by atoms with E-state index in [1.807, 2.05) is 0 Å². The summed E-state index contributed by atoms with van der Waals surface area (Å²) < 4.78 is 27.3. The van der Waals surface area contributed by atoms with E-state index in [2.05, 4.69) is 19.7 Å². The van der Waals surface area contributed by atoms with Gasteiger partial charge in [0.2, 0.25) is 21.9 Å². The van der Waals surface area contributed by atoms with Crippen LogP contribution in [0.4, 0.5) is 11.9 Å². The summed E-state index contributed by atoms with van der Waals surface area (Å²) >= 11 is 11.7. The van der Waals surface area contributed by atoms with E-state index < -0.39 is 10.0 Å². The molecule has 11 heteroatoms. The monoisotopic (exact) mass is 404 g/mol. The molecule has 0 aliphatic carbocycles. The molecule has 0 fully saturated rings. The first kappa shape index (κ1) is 19.6. The molecule has 0 atom stereocenters. The maximum absolute atomic E-state index is 12.4. The van der Waals surface area contributed by atoms with Crippen LogP contribution in [-0.4, -0.2) is 51.6 Å². The standard InChI is InChI=1S/C14H18Cl2N6O2S/c1-21(2)13-18-12(19-14(20-13)22(3)4)8-17-25(23,24)9-5-6-10(15)11(16)7-9/h5-7,17H,8H2,1-4H3. The molecule has 2 rings (SSSR count). The smallest absolute Gasteiger partial charge is 0.241 e. The van der Waals surface area contributed by atoms with Crippen molar-refractivity contribution in [3.05, 3.63) is 34.1 Å². The quantitative estimate of drug-likeness (QED) is 0.784. The zero-order valence-corrected chi connectivity index (χ0v) is 16.5. The number of rotatable bonds is 6. The second-order valence-corrected chi connectivity index (χ2v) is 8.12.